The van der Waals surface area contributed by atoms with Crippen LogP contribution in [-0.2, 0) is 6.42 Å². The summed E-state index contributed by atoms with van der Waals surface area (Å²) in [5.74, 6) is 0.945. The topological polar surface area (TPSA) is 37.8 Å². The second-order valence-corrected chi connectivity index (χ2v) is 6.32. The van der Waals surface area contributed by atoms with Crippen molar-refractivity contribution in [2.75, 3.05) is 11.9 Å². The molecule has 0 bridgehead atoms. The van der Waals surface area contributed by atoms with Crippen molar-refractivity contribution in [3.8, 4) is 0 Å². The quantitative estimate of drug-likeness (QED) is 0.788. The second-order valence-electron chi connectivity index (χ2n) is 4.05. The maximum atomic E-state index is 4.33. The number of thiophene rings is 2. The lowest BCUT2D eigenvalue weighted by Gasteiger charge is -2.04. The molecule has 0 aliphatic rings. The van der Waals surface area contributed by atoms with Crippen molar-refractivity contribution in [2.24, 2.45) is 0 Å². The van der Waals surface area contributed by atoms with Gasteiger partial charge in [0.1, 0.15) is 17.0 Å². The van der Waals surface area contributed by atoms with E-state index in [1.54, 1.807) is 29.0 Å². The summed E-state index contributed by atoms with van der Waals surface area (Å²) in [7, 11) is 0. The average molecular weight is 275 g/mol. The Morgan fingerprint density at radius 1 is 1.33 bits per heavy atom. The molecule has 1 N–H and O–H groups in total. The van der Waals surface area contributed by atoms with Gasteiger partial charge in [-0.2, -0.15) is 0 Å². The molecule has 0 radical (unpaired) electrons. The number of nitrogens with one attached hydrogen (secondary N) is 1. The Hall–Kier alpha value is -1.46. The number of nitrogens with zero attached hydrogens (tertiary/aromatic N) is 2. The molecule has 92 valence electrons. The van der Waals surface area contributed by atoms with Crippen LogP contribution in [0.3, 0.4) is 0 Å². The van der Waals surface area contributed by atoms with E-state index in [0.29, 0.717) is 0 Å². The first kappa shape index (κ1) is 11.6. The molecule has 0 unspecified atom stereocenters. The second kappa shape index (κ2) is 5.04. The summed E-state index contributed by atoms with van der Waals surface area (Å²) in [6.07, 6.45) is 2.66. The van der Waals surface area contributed by atoms with E-state index < -0.39 is 0 Å². The van der Waals surface area contributed by atoms with Gasteiger partial charge in [0.15, 0.2) is 0 Å². The molecule has 0 amide bonds. The zero-order valence-electron chi connectivity index (χ0n) is 10.0. The Morgan fingerprint density at radius 3 is 3.11 bits per heavy atom. The monoisotopic (exact) mass is 275 g/mol. The van der Waals surface area contributed by atoms with Crippen LogP contribution < -0.4 is 5.32 Å². The molecule has 0 saturated heterocycles. The van der Waals surface area contributed by atoms with E-state index in [1.165, 1.54) is 9.75 Å². The van der Waals surface area contributed by atoms with Crippen molar-refractivity contribution in [3.63, 3.8) is 0 Å². The molecule has 3 rings (SSSR count). The number of hydrogen-bond acceptors (Lipinski definition) is 5. The predicted molar refractivity (Wildman–Crippen MR) is 78.7 cm³/mol. The van der Waals surface area contributed by atoms with Gasteiger partial charge < -0.3 is 5.32 Å². The molecule has 0 aromatic carbocycles. The number of rotatable bonds is 4. The lowest BCUT2D eigenvalue weighted by atomic mass is 10.3. The molecule has 3 nitrogen and oxygen atoms in total. The van der Waals surface area contributed by atoms with Crippen LogP contribution in [0, 0.1) is 6.92 Å². The molecule has 0 aliphatic heterocycles. The fourth-order valence-electron chi connectivity index (χ4n) is 1.88. The standard InChI is InChI=1S/C13H13N3S2/c1-9-7-11-12(15-8-16-13(11)18-9)14-5-4-10-3-2-6-17-10/h2-3,6-8H,4-5H2,1H3,(H,14,15,16). The maximum absolute atomic E-state index is 4.33. The summed E-state index contributed by atoms with van der Waals surface area (Å²) in [6, 6.07) is 6.40. The number of hydrogen-bond donors (Lipinski definition) is 1. The fraction of sp³-hybridized carbons (Fsp3) is 0.231. The minimum atomic E-state index is 0.904. The van der Waals surface area contributed by atoms with Crippen molar-refractivity contribution in [1.29, 1.82) is 0 Å². The molecule has 0 aliphatic carbocycles. The number of anilines is 1. The van der Waals surface area contributed by atoms with Crippen LogP contribution >= 0.6 is 22.7 Å². The fourth-order valence-corrected chi connectivity index (χ4v) is 3.43. The van der Waals surface area contributed by atoms with Gasteiger partial charge in [-0.25, -0.2) is 9.97 Å². The average Bonchev–Trinajstić information content (AvgIpc) is 2.97. The third-order valence-corrected chi connectivity index (χ3v) is 4.59. The summed E-state index contributed by atoms with van der Waals surface area (Å²) in [6.45, 7) is 3.00. The highest BCUT2D eigenvalue weighted by atomic mass is 32.1. The van der Waals surface area contributed by atoms with Gasteiger partial charge in [0, 0.05) is 16.3 Å². The van der Waals surface area contributed by atoms with Gasteiger partial charge in [0.25, 0.3) is 0 Å². The van der Waals surface area contributed by atoms with Crippen LogP contribution in [0.4, 0.5) is 5.82 Å². The third kappa shape index (κ3) is 2.37. The summed E-state index contributed by atoms with van der Waals surface area (Å²) in [5.41, 5.74) is 0. The van der Waals surface area contributed by atoms with E-state index in [4.69, 9.17) is 0 Å². The van der Waals surface area contributed by atoms with Gasteiger partial charge in [0.05, 0.1) is 5.39 Å². The van der Waals surface area contributed by atoms with Crippen LogP contribution in [0.25, 0.3) is 10.2 Å². The third-order valence-electron chi connectivity index (χ3n) is 2.70. The van der Waals surface area contributed by atoms with Gasteiger partial charge in [-0.05, 0) is 30.9 Å². The van der Waals surface area contributed by atoms with Crippen LogP contribution in [-0.4, -0.2) is 16.5 Å². The highest BCUT2D eigenvalue weighted by Gasteiger charge is 2.06. The molecule has 0 atom stereocenters. The predicted octanol–water partition coefficient (Wildman–Crippen LogP) is 3.72. The lowest BCUT2D eigenvalue weighted by Crippen LogP contribution is -2.05. The normalized spacial score (nSPS) is 10.9. The molecule has 5 heteroatoms. The van der Waals surface area contributed by atoms with E-state index in [2.05, 4.69) is 45.8 Å². The Labute approximate surface area is 114 Å². The van der Waals surface area contributed by atoms with Crippen LogP contribution in [0.15, 0.2) is 29.9 Å². The molecule has 3 aromatic rings. The van der Waals surface area contributed by atoms with Gasteiger partial charge in [0.2, 0.25) is 0 Å². The van der Waals surface area contributed by atoms with Gasteiger partial charge in [-0.15, -0.1) is 22.7 Å². The van der Waals surface area contributed by atoms with Crippen LogP contribution in [0.1, 0.15) is 9.75 Å². The minimum absolute atomic E-state index is 0.904. The van der Waals surface area contributed by atoms with Gasteiger partial charge in [-0.3, -0.25) is 0 Å². The summed E-state index contributed by atoms with van der Waals surface area (Å²) in [5, 5.41) is 6.64. The molecule has 3 aromatic heterocycles. The van der Waals surface area contributed by atoms with E-state index in [1.807, 2.05) is 0 Å². The smallest absolute Gasteiger partial charge is 0.138 e. The Bertz CT molecular complexity index is 643. The molecular formula is C13H13N3S2. The molecule has 0 saturated carbocycles. The highest BCUT2D eigenvalue weighted by Crippen LogP contribution is 2.27. The van der Waals surface area contributed by atoms with Crippen LogP contribution in [0.5, 0.6) is 0 Å². The van der Waals surface area contributed by atoms with Crippen molar-refractivity contribution < 1.29 is 0 Å². The van der Waals surface area contributed by atoms with E-state index >= 15 is 0 Å². The largest absolute Gasteiger partial charge is 0.369 e. The zero-order chi connectivity index (χ0) is 12.4. The summed E-state index contributed by atoms with van der Waals surface area (Å²) < 4.78 is 0. The molecule has 0 fully saturated rings. The van der Waals surface area contributed by atoms with Crippen molar-refractivity contribution in [3.05, 3.63) is 39.7 Å². The highest BCUT2D eigenvalue weighted by molar-refractivity contribution is 7.18. The lowest BCUT2D eigenvalue weighted by molar-refractivity contribution is 1.03. The van der Waals surface area contributed by atoms with E-state index in [-0.39, 0.29) is 0 Å². The Morgan fingerprint density at radius 2 is 2.28 bits per heavy atom. The van der Waals surface area contributed by atoms with E-state index in [9.17, 15) is 0 Å². The number of fused-ring (bicyclic) bond motifs is 1. The summed E-state index contributed by atoms with van der Waals surface area (Å²) in [4.78, 5) is 12.3. The number of aryl methyl sites for hydroxylation is 1. The SMILES string of the molecule is Cc1cc2c(NCCc3cccs3)ncnc2s1. The molecule has 3 heterocycles. The van der Waals surface area contributed by atoms with Crippen molar-refractivity contribution in [2.45, 2.75) is 13.3 Å². The first-order chi connectivity index (χ1) is 8.83. The minimum Gasteiger partial charge on any atom is -0.369 e. The molecular weight excluding hydrogens is 262 g/mol. The summed E-state index contributed by atoms with van der Waals surface area (Å²) >= 11 is 3.50. The first-order valence-corrected chi connectivity index (χ1v) is 7.50. The van der Waals surface area contributed by atoms with Gasteiger partial charge in [-0.1, -0.05) is 6.07 Å². The first-order valence-electron chi connectivity index (χ1n) is 5.80. The van der Waals surface area contributed by atoms with Gasteiger partial charge >= 0.3 is 0 Å². The molecule has 0 spiro atoms. The van der Waals surface area contributed by atoms with Crippen molar-refractivity contribution >= 4 is 38.7 Å². The Balaban J connectivity index is 1.74. The molecule has 18 heavy (non-hydrogen) atoms. The van der Waals surface area contributed by atoms with E-state index in [0.717, 1.165) is 29.0 Å². The van der Waals surface area contributed by atoms with Crippen LogP contribution in [0.2, 0.25) is 0 Å². The maximum Gasteiger partial charge on any atom is 0.138 e. The zero-order valence-corrected chi connectivity index (χ0v) is 11.6. The Kier molecular flexibility index (Phi) is 3.25. The number of aromatic nitrogens is 2. The van der Waals surface area contributed by atoms with Crippen molar-refractivity contribution in [1.82, 2.24) is 9.97 Å².